The second-order valence-electron chi connectivity index (χ2n) is 3.36. The highest BCUT2D eigenvalue weighted by molar-refractivity contribution is 5.98. The quantitative estimate of drug-likeness (QED) is 0.344. The molecule has 0 radical (unpaired) electrons. The number of aromatic nitrogens is 1. The zero-order valence-corrected chi connectivity index (χ0v) is 9.14. The number of hydrogen-bond acceptors (Lipinski definition) is 3. The van der Waals surface area contributed by atoms with Gasteiger partial charge in [-0.3, -0.25) is 4.99 Å². The van der Waals surface area contributed by atoms with E-state index in [0.29, 0.717) is 12.4 Å². The van der Waals surface area contributed by atoms with Crippen LogP contribution in [0.3, 0.4) is 0 Å². The van der Waals surface area contributed by atoms with Crippen molar-refractivity contribution in [2.75, 3.05) is 6.54 Å². The lowest BCUT2D eigenvalue weighted by Gasteiger charge is -2.05. The number of para-hydroxylation sites is 1. The third-order valence-corrected chi connectivity index (χ3v) is 2.29. The second-order valence-corrected chi connectivity index (χ2v) is 3.36. The third kappa shape index (κ3) is 2.01. The fourth-order valence-corrected chi connectivity index (χ4v) is 1.56. The summed E-state index contributed by atoms with van der Waals surface area (Å²) in [5, 5.41) is 1.11. The van der Waals surface area contributed by atoms with Gasteiger partial charge in [-0.25, -0.2) is 10.8 Å². The molecule has 2 rings (SSSR count). The van der Waals surface area contributed by atoms with Gasteiger partial charge in [0, 0.05) is 11.9 Å². The van der Waals surface area contributed by atoms with Gasteiger partial charge in [0.1, 0.15) is 5.69 Å². The maximum absolute atomic E-state index is 5.41. The number of hydrazine groups is 1. The first kappa shape index (κ1) is 10.6. The summed E-state index contributed by atoms with van der Waals surface area (Å²) in [6.07, 6.45) is 0. The molecule has 4 nitrogen and oxygen atoms in total. The van der Waals surface area contributed by atoms with Crippen LogP contribution in [0.1, 0.15) is 12.6 Å². The molecule has 16 heavy (non-hydrogen) atoms. The molecule has 0 bridgehead atoms. The molecule has 0 aliphatic rings. The van der Waals surface area contributed by atoms with E-state index in [9.17, 15) is 0 Å². The minimum Gasteiger partial charge on any atom is -0.307 e. The highest BCUT2D eigenvalue weighted by atomic mass is 15.3. The number of nitrogens with one attached hydrogen (secondary N) is 1. The Morgan fingerprint density at radius 2 is 2.12 bits per heavy atom. The summed E-state index contributed by atoms with van der Waals surface area (Å²) in [5.41, 5.74) is 4.28. The molecule has 0 amide bonds. The van der Waals surface area contributed by atoms with Crippen molar-refractivity contribution < 1.29 is 0 Å². The zero-order chi connectivity index (χ0) is 11.4. The summed E-state index contributed by atoms with van der Waals surface area (Å²) in [7, 11) is 0. The minimum absolute atomic E-state index is 0.619. The summed E-state index contributed by atoms with van der Waals surface area (Å²) in [4.78, 5) is 8.73. The largest absolute Gasteiger partial charge is 0.307 e. The van der Waals surface area contributed by atoms with Crippen molar-refractivity contribution in [1.29, 1.82) is 0 Å². The van der Waals surface area contributed by atoms with Crippen LogP contribution in [0.15, 0.2) is 41.4 Å². The van der Waals surface area contributed by atoms with E-state index < -0.39 is 0 Å². The van der Waals surface area contributed by atoms with E-state index >= 15 is 0 Å². The first-order valence-corrected chi connectivity index (χ1v) is 5.22. The maximum Gasteiger partial charge on any atom is 0.161 e. The Morgan fingerprint density at radius 3 is 2.88 bits per heavy atom. The number of rotatable bonds is 2. The molecular weight excluding hydrogens is 200 g/mol. The lowest BCUT2D eigenvalue weighted by molar-refractivity contribution is 0.983. The number of hydrogen-bond donors (Lipinski definition) is 2. The van der Waals surface area contributed by atoms with Crippen LogP contribution in [-0.4, -0.2) is 17.4 Å². The molecule has 82 valence electrons. The lowest BCUT2D eigenvalue weighted by atomic mass is 10.2. The van der Waals surface area contributed by atoms with Gasteiger partial charge in [-0.1, -0.05) is 24.3 Å². The van der Waals surface area contributed by atoms with E-state index in [1.165, 1.54) is 0 Å². The summed E-state index contributed by atoms with van der Waals surface area (Å²) in [5.74, 6) is 6.03. The average Bonchev–Trinajstić information content (AvgIpc) is 2.35. The number of benzene rings is 1. The number of fused-ring (bicyclic) bond motifs is 1. The molecule has 0 atom stereocenters. The zero-order valence-electron chi connectivity index (χ0n) is 9.14. The molecule has 1 aromatic carbocycles. The van der Waals surface area contributed by atoms with Crippen LogP contribution in [0.25, 0.3) is 10.9 Å². The summed E-state index contributed by atoms with van der Waals surface area (Å²) < 4.78 is 0. The van der Waals surface area contributed by atoms with Crippen molar-refractivity contribution >= 4 is 16.7 Å². The molecule has 0 aliphatic carbocycles. The van der Waals surface area contributed by atoms with Crippen molar-refractivity contribution in [3.05, 3.63) is 42.1 Å². The fraction of sp³-hybridized carbons (Fsp3) is 0.167. The standard InChI is InChI=1S/C12H14N4/c1-2-14-12(16-13)11-8-7-9-5-3-4-6-10(9)15-11/h3-8H,2,13H2,1H3,(H,14,16). The highest BCUT2D eigenvalue weighted by Crippen LogP contribution is 2.11. The fourth-order valence-electron chi connectivity index (χ4n) is 1.56. The van der Waals surface area contributed by atoms with Crippen LogP contribution in [0, 0.1) is 0 Å². The van der Waals surface area contributed by atoms with Gasteiger partial charge in [0.25, 0.3) is 0 Å². The molecule has 1 heterocycles. The Hall–Kier alpha value is -1.94. The summed E-state index contributed by atoms with van der Waals surface area (Å²) in [6, 6.07) is 11.9. The van der Waals surface area contributed by atoms with Crippen molar-refractivity contribution in [2.45, 2.75) is 6.92 Å². The molecule has 3 N–H and O–H groups in total. The van der Waals surface area contributed by atoms with Gasteiger partial charge in [0.2, 0.25) is 0 Å². The molecule has 0 saturated carbocycles. The Bertz CT molecular complexity index is 519. The number of nitrogens with two attached hydrogens (primary N) is 1. The van der Waals surface area contributed by atoms with Crippen molar-refractivity contribution in [2.24, 2.45) is 10.8 Å². The second kappa shape index (κ2) is 4.72. The number of nitrogens with zero attached hydrogens (tertiary/aromatic N) is 2. The van der Waals surface area contributed by atoms with Crippen LogP contribution in [0.2, 0.25) is 0 Å². The van der Waals surface area contributed by atoms with Gasteiger partial charge in [0.05, 0.1) is 5.52 Å². The predicted molar refractivity (Wildman–Crippen MR) is 66.1 cm³/mol. The van der Waals surface area contributed by atoms with Crippen LogP contribution in [0.5, 0.6) is 0 Å². The van der Waals surface area contributed by atoms with E-state index in [4.69, 9.17) is 5.84 Å². The van der Waals surface area contributed by atoms with Crippen molar-refractivity contribution in [3.63, 3.8) is 0 Å². The summed E-state index contributed by atoms with van der Waals surface area (Å²) >= 11 is 0. The molecule has 0 unspecified atom stereocenters. The first-order valence-electron chi connectivity index (χ1n) is 5.22. The topological polar surface area (TPSA) is 63.3 Å². The molecule has 0 aliphatic heterocycles. The Kier molecular flexibility index (Phi) is 3.12. The third-order valence-electron chi connectivity index (χ3n) is 2.29. The van der Waals surface area contributed by atoms with Gasteiger partial charge in [-0.05, 0) is 19.1 Å². The molecule has 1 aromatic heterocycles. The molecular formula is C12H14N4. The Labute approximate surface area is 94.2 Å². The van der Waals surface area contributed by atoms with Crippen LogP contribution in [0.4, 0.5) is 0 Å². The smallest absolute Gasteiger partial charge is 0.161 e. The van der Waals surface area contributed by atoms with Gasteiger partial charge in [0.15, 0.2) is 5.84 Å². The van der Waals surface area contributed by atoms with Crippen LogP contribution < -0.4 is 11.3 Å². The Morgan fingerprint density at radius 1 is 1.31 bits per heavy atom. The molecule has 0 fully saturated rings. The normalized spacial score (nSPS) is 11.8. The van der Waals surface area contributed by atoms with Gasteiger partial charge in [-0.2, -0.15) is 0 Å². The SMILES string of the molecule is CCN=C(NN)c1ccc2ccccc2n1. The van der Waals surface area contributed by atoms with Gasteiger partial charge in [-0.15, -0.1) is 0 Å². The molecule has 0 spiro atoms. The Balaban J connectivity index is 2.50. The lowest BCUT2D eigenvalue weighted by Crippen LogP contribution is -2.32. The predicted octanol–water partition coefficient (Wildman–Crippen LogP) is 1.46. The van der Waals surface area contributed by atoms with Crippen LogP contribution >= 0.6 is 0 Å². The minimum atomic E-state index is 0.619. The van der Waals surface area contributed by atoms with E-state index in [1.807, 2.05) is 43.3 Å². The maximum atomic E-state index is 5.41. The first-order chi connectivity index (χ1) is 7.85. The van der Waals surface area contributed by atoms with E-state index in [0.717, 1.165) is 16.6 Å². The van der Waals surface area contributed by atoms with Crippen molar-refractivity contribution in [3.8, 4) is 0 Å². The van der Waals surface area contributed by atoms with Crippen LogP contribution in [-0.2, 0) is 0 Å². The average molecular weight is 214 g/mol. The summed E-state index contributed by atoms with van der Waals surface area (Å²) in [6.45, 7) is 2.63. The number of amidine groups is 1. The van der Waals surface area contributed by atoms with Gasteiger partial charge < -0.3 is 5.43 Å². The van der Waals surface area contributed by atoms with E-state index in [2.05, 4.69) is 15.4 Å². The molecule has 4 heteroatoms. The number of aliphatic imine (C=N–C) groups is 1. The number of pyridine rings is 1. The monoisotopic (exact) mass is 214 g/mol. The van der Waals surface area contributed by atoms with Crippen molar-refractivity contribution in [1.82, 2.24) is 10.4 Å². The van der Waals surface area contributed by atoms with E-state index in [1.54, 1.807) is 0 Å². The molecule has 2 aromatic rings. The molecule has 0 saturated heterocycles. The van der Waals surface area contributed by atoms with E-state index in [-0.39, 0.29) is 0 Å². The highest BCUT2D eigenvalue weighted by Gasteiger charge is 2.03. The van der Waals surface area contributed by atoms with Gasteiger partial charge >= 0.3 is 0 Å².